The normalized spacial score (nSPS) is 19.5. The molecular weight excluding hydrogens is 324 g/mol. The van der Waals surface area contributed by atoms with Gasteiger partial charge in [0.1, 0.15) is 6.17 Å². The van der Waals surface area contributed by atoms with Gasteiger partial charge in [0.2, 0.25) is 6.17 Å². The summed E-state index contributed by atoms with van der Waals surface area (Å²) in [7, 11) is 2.14. The van der Waals surface area contributed by atoms with Crippen LogP contribution in [0.4, 0.5) is 5.69 Å². The number of hydrogen-bond donors (Lipinski definition) is 0. The van der Waals surface area contributed by atoms with E-state index in [-0.39, 0.29) is 6.17 Å². The van der Waals surface area contributed by atoms with Crippen LogP contribution in [0, 0.1) is 0 Å². The maximum Gasteiger partial charge on any atom is 0.211 e. The summed E-state index contributed by atoms with van der Waals surface area (Å²) in [6.07, 6.45) is 3.17. The SMILES string of the molecule is CCC1N(C)C(C)=CN1c1ccc(-c2ccccc2)c(C2N=NN=N2)c1. The Balaban J connectivity index is 1.80. The summed E-state index contributed by atoms with van der Waals surface area (Å²) < 4.78 is 0. The van der Waals surface area contributed by atoms with Crippen LogP contribution in [0.15, 0.2) is 81.1 Å². The van der Waals surface area contributed by atoms with E-state index < -0.39 is 0 Å². The van der Waals surface area contributed by atoms with Crippen molar-refractivity contribution in [3.63, 3.8) is 0 Å². The van der Waals surface area contributed by atoms with E-state index in [9.17, 15) is 0 Å². The van der Waals surface area contributed by atoms with Gasteiger partial charge in [-0.3, -0.25) is 0 Å². The fraction of sp³-hybridized carbons (Fsp3) is 0.300. The first-order valence-corrected chi connectivity index (χ1v) is 8.88. The van der Waals surface area contributed by atoms with E-state index in [1.165, 1.54) is 5.70 Å². The molecule has 2 aromatic rings. The minimum absolute atomic E-state index is 0.317. The molecule has 0 spiro atoms. The van der Waals surface area contributed by atoms with Gasteiger partial charge < -0.3 is 9.80 Å². The largest absolute Gasteiger partial charge is 0.356 e. The lowest BCUT2D eigenvalue weighted by Gasteiger charge is -2.31. The van der Waals surface area contributed by atoms with Gasteiger partial charge in [0.25, 0.3) is 0 Å². The Hall–Kier alpha value is -3.02. The minimum Gasteiger partial charge on any atom is -0.356 e. The summed E-state index contributed by atoms with van der Waals surface area (Å²) in [5.41, 5.74) is 5.66. The molecule has 0 bridgehead atoms. The van der Waals surface area contributed by atoms with E-state index in [2.05, 4.69) is 87.9 Å². The van der Waals surface area contributed by atoms with Gasteiger partial charge in [0.15, 0.2) is 0 Å². The number of hydrogen-bond acceptors (Lipinski definition) is 6. The smallest absolute Gasteiger partial charge is 0.211 e. The number of nitrogens with zero attached hydrogens (tertiary/aromatic N) is 6. The molecule has 132 valence electrons. The molecule has 0 aromatic heterocycles. The van der Waals surface area contributed by atoms with Crippen molar-refractivity contribution in [2.75, 3.05) is 11.9 Å². The van der Waals surface area contributed by atoms with Crippen molar-refractivity contribution in [3.05, 3.63) is 66.0 Å². The molecule has 2 aliphatic rings. The molecule has 1 unspecified atom stereocenters. The third-order valence-electron chi connectivity index (χ3n) is 5.07. The van der Waals surface area contributed by atoms with Gasteiger partial charge in [-0.25, -0.2) is 0 Å². The molecular formula is C20H22N6. The first-order valence-electron chi connectivity index (χ1n) is 8.88. The number of benzene rings is 2. The second-order valence-electron chi connectivity index (χ2n) is 6.60. The van der Waals surface area contributed by atoms with Crippen LogP contribution in [0.2, 0.25) is 0 Å². The molecule has 1 atom stereocenters. The van der Waals surface area contributed by atoms with E-state index in [1.54, 1.807) is 0 Å². The lowest BCUT2D eigenvalue weighted by Crippen LogP contribution is -2.36. The molecule has 2 aromatic carbocycles. The maximum atomic E-state index is 4.18. The van der Waals surface area contributed by atoms with Crippen LogP contribution < -0.4 is 4.90 Å². The third kappa shape index (κ3) is 2.77. The molecule has 0 aliphatic carbocycles. The van der Waals surface area contributed by atoms with E-state index >= 15 is 0 Å². The molecule has 0 saturated heterocycles. The zero-order chi connectivity index (χ0) is 18.1. The van der Waals surface area contributed by atoms with Crippen LogP contribution in [0.3, 0.4) is 0 Å². The highest BCUT2D eigenvalue weighted by Crippen LogP contribution is 2.38. The summed E-state index contributed by atoms with van der Waals surface area (Å²) >= 11 is 0. The highest BCUT2D eigenvalue weighted by Gasteiger charge is 2.28. The van der Waals surface area contributed by atoms with Crippen LogP contribution in [0.25, 0.3) is 11.1 Å². The van der Waals surface area contributed by atoms with Gasteiger partial charge in [-0.2, -0.15) is 0 Å². The van der Waals surface area contributed by atoms with Crippen LogP contribution in [-0.4, -0.2) is 18.1 Å². The van der Waals surface area contributed by atoms with Crippen molar-refractivity contribution in [2.45, 2.75) is 32.6 Å². The molecule has 0 fully saturated rings. The van der Waals surface area contributed by atoms with E-state index in [0.29, 0.717) is 6.17 Å². The van der Waals surface area contributed by atoms with Gasteiger partial charge in [-0.15, -0.1) is 10.2 Å². The molecule has 0 N–H and O–H groups in total. The zero-order valence-corrected chi connectivity index (χ0v) is 15.2. The van der Waals surface area contributed by atoms with Crippen molar-refractivity contribution in [3.8, 4) is 11.1 Å². The number of anilines is 1. The minimum atomic E-state index is -0.379. The fourth-order valence-corrected chi connectivity index (χ4v) is 3.61. The fourth-order valence-electron chi connectivity index (χ4n) is 3.61. The Kier molecular flexibility index (Phi) is 4.24. The van der Waals surface area contributed by atoms with Crippen molar-refractivity contribution < 1.29 is 0 Å². The Morgan fingerprint density at radius 2 is 1.73 bits per heavy atom. The summed E-state index contributed by atoms with van der Waals surface area (Å²) in [5.74, 6) is 0. The van der Waals surface area contributed by atoms with E-state index in [1.807, 2.05) is 18.2 Å². The Morgan fingerprint density at radius 3 is 2.42 bits per heavy atom. The van der Waals surface area contributed by atoms with Gasteiger partial charge in [0.05, 0.1) is 0 Å². The number of rotatable bonds is 4. The molecule has 2 heterocycles. The average Bonchev–Trinajstić information content (AvgIpc) is 3.31. The predicted octanol–water partition coefficient (Wildman–Crippen LogP) is 5.53. The first-order chi connectivity index (χ1) is 12.7. The molecule has 0 radical (unpaired) electrons. The molecule has 6 nitrogen and oxygen atoms in total. The topological polar surface area (TPSA) is 55.9 Å². The average molecular weight is 346 g/mol. The first kappa shape index (κ1) is 16.4. The van der Waals surface area contributed by atoms with Gasteiger partial charge >= 0.3 is 0 Å². The second-order valence-corrected chi connectivity index (χ2v) is 6.60. The van der Waals surface area contributed by atoms with Gasteiger partial charge in [0, 0.05) is 30.2 Å². The van der Waals surface area contributed by atoms with Crippen molar-refractivity contribution >= 4 is 5.69 Å². The molecule has 4 rings (SSSR count). The summed E-state index contributed by atoms with van der Waals surface area (Å²) in [5, 5.41) is 15.8. The van der Waals surface area contributed by atoms with Gasteiger partial charge in [-0.1, -0.05) is 43.3 Å². The summed E-state index contributed by atoms with van der Waals surface area (Å²) in [6.45, 7) is 4.35. The zero-order valence-electron chi connectivity index (χ0n) is 15.2. The molecule has 6 heteroatoms. The van der Waals surface area contributed by atoms with Crippen molar-refractivity contribution in [2.24, 2.45) is 20.7 Å². The number of allylic oxidation sites excluding steroid dienone is 1. The highest BCUT2D eigenvalue weighted by atomic mass is 15.6. The van der Waals surface area contributed by atoms with E-state index in [0.717, 1.165) is 28.8 Å². The molecule has 26 heavy (non-hydrogen) atoms. The standard InChI is InChI=1S/C20H22N6/c1-4-19-25(3)14(2)13-26(19)16-10-11-17(15-8-6-5-7-9-15)18(12-16)20-21-23-24-22-20/h5-13,19-20H,4H2,1-3H3. The maximum absolute atomic E-state index is 4.18. The van der Waals surface area contributed by atoms with Gasteiger partial charge in [-0.05, 0) is 47.1 Å². The Bertz CT molecular complexity index is 874. The molecule has 2 aliphatic heterocycles. The molecule has 0 amide bonds. The van der Waals surface area contributed by atoms with Crippen LogP contribution in [0.1, 0.15) is 32.0 Å². The summed E-state index contributed by atoms with van der Waals surface area (Å²) in [4.78, 5) is 4.62. The monoisotopic (exact) mass is 346 g/mol. The van der Waals surface area contributed by atoms with Crippen molar-refractivity contribution in [1.82, 2.24) is 4.90 Å². The Morgan fingerprint density at radius 1 is 1.00 bits per heavy atom. The quantitative estimate of drug-likeness (QED) is 0.730. The summed E-state index contributed by atoms with van der Waals surface area (Å²) in [6, 6.07) is 16.8. The molecule has 0 saturated carbocycles. The predicted molar refractivity (Wildman–Crippen MR) is 102 cm³/mol. The third-order valence-corrected chi connectivity index (χ3v) is 5.07. The van der Waals surface area contributed by atoms with E-state index in [4.69, 9.17) is 0 Å². The second kappa shape index (κ2) is 6.71. The van der Waals surface area contributed by atoms with Crippen molar-refractivity contribution in [1.29, 1.82) is 0 Å². The van der Waals surface area contributed by atoms with Crippen LogP contribution in [-0.2, 0) is 0 Å². The highest BCUT2D eigenvalue weighted by molar-refractivity contribution is 5.72. The van der Waals surface area contributed by atoms with Crippen LogP contribution in [0.5, 0.6) is 0 Å². The van der Waals surface area contributed by atoms with Crippen LogP contribution >= 0.6 is 0 Å². The Labute approximate surface area is 153 Å². The lowest BCUT2D eigenvalue weighted by atomic mass is 9.97. The lowest BCUT2D eigenvalue weighted by molar-refractivity contribution is 0.327.